The van der Waals surface area contributed by atoms with E-state index in [1.165, 1.54) is 16.5 Å². The lowest BCUT2D eigenvalue weighted by molar-refractivity contribution is 0.981. The highest BCUT2D eigenvalue weighted by Gasteiger charge is 1.97. The molecule has 0 bridgehead atoms. The van der Waals surface area contributed by atoms with Gasteiger partial charge in [-0.25, -0.2) is 0 Å². The van der Waals surface area contributed by atoms with Crippen molar-refractivity contribution in [3.63, 3.8) is 0 Å². The molecule has 1 N–H and O–H groups in total. The fraction of sp³-hybridized carbons (Fsp3) is 0.250. The fourth-order valence-electron chi connectivity index (χ4n) is 1.54. The molecule has 0 aliphatic heterocycles. The Morgan fingerprint density at radius 2 is 2.21 bits per heavy atom. The summed E-state index contributed by atoms with van der Waals surface area (Å²) in [6, 6.07) is 8.30. The zero-order valence-corrected chi connectivity index (χ0v) is 8.33. The van der Waals surface area contributed by atoms with Gasteiger partial charge in [0.25, 0.3) is 0 Å². The van der Waals surface area contributed by atoms with Crippen molar-refractivity contribution in [2.75, 3.05) is 11.9 Å². The number of nitrogens with zero attached hydrogens (tertiary/aromatic N) is 1. The molecule has 2 aromatic rings. The molecule has 0 saturated heterocycles. The van der Waals surface area contributed by atoms with Crippen LogP contribution in [0, 0.1) is 0 Å². The lowest BCUT2D eigenvalue weighted by atomic mass is 10.1. The van der Waals surface area contributed by atoms with Gasteiger partial charge in [-0.05, 0) is 18.6 Å². The zero-order valence-electron chi connectivity index (χ0n) is 8.33. The monoisotopic (exact) mass is 186 g/mol. The summed E-state index contributed by atoms with van der Waals surface area (Å²) in [5.41, 5.74) is 1.20. The summed E-state index contributed by atoms with van der Waals surface area (Å²) in [5, 5.41) is 5.84. The Morgan fingerprint density at radius 1 is 1.29 bits per heavy atom. The van der Waals surface area contributed by atoms with Gasteiger partial charge in [0.2, 0.25) is 0 Å². The van der Waals surface area contributed by atoms with E-state index in [0.29, 0.717) is 0 Å². The van der Waals surface area contributed by atoms with Crippen LogP contribution in [-0.2, 0) is 0 Å². The second-order valence-electron chi connectivity index (χ2n) is 3.33. The van der Waals surface area contributed by atoms with E-state index in [0.717, 1.165) is 13.0 Å². The molecule has 0 radical (unpaired) electrons. The molecule has 0 atom stereocenters. The summed E-state index contributed by atoms with van der Waals surface area (Å²) in [4.78, 5) is 4.11. The minimum absolute atomic E-state index is 1.02. The highest BCUT2D eigenvalue weighted by atomic mass is 14.9. The number of rotatable bonds is 3. The minimum Gasteiger partial charge on any atom is -0.385 e. The van der Waals surface area contributed by atoms with Gasteiger partial charge in [-0.1, -0.05) is 19.1 Å². The average Bonchev–Trinajstić information content (AvgIpc) is 2.26. The topological polar surface area (TPSA) is 24.9 Å². The molecular formula is C12H14N2. The molecule has 0 aliphatic rings. The third kappa shape index (κ3) is 1.69. The molecule has 0 saturated carbocycles. The van der Waals surface area contributed by atoms with Gasteiger partial charge in [0, 0.05) is 35.4 Å². The predicted molar refractivity (Wildman–Crippen MR) is 60.5 cm³/mol. The van der Waals surface area contributed by atoms with E-state index in [9.17, 15) is 0 Å². The van der Waals surface area contributed by atoms with Crippen molar-refractivity contribution >= 4 is 16.5 Å². The summed E-state index contributed by atoms with van der Waals surface area (Å²) in [7, 11) is 0. The first-order valence-corrected chi connectivity index (χ1v) is 4.98. The lowest BCUT2D eigenvalue weighted by Gasteiger charge is -2.07. The predicted octanol–water partition coefficient (Wildman–Crippen LogP) is 3.06. The highest BCUT2D eigenvalue weighted by molar-refractivity contribution is 5.93. The number of hydrogen-bond acceptors (Lipinski definition) is 2. The maximum Gasteiger partial charge on any atom is 0.0420 e. The van der Waals surface area contributed by atoms with Gasteiger partial charge in [0.05, 0.1) is 0 Å². The first-order chi connectivity index (χ1) is 6.92. The molecule has 1 aromatic heterocycles. The molecule has 0 spiro atoms. The third-order valence-corrected chi connectivity index (χ3v) is 2.25. The van der Waals surface area contributed by atoms with Crippen LogP contribution in [0.25, 0.3) is 10.8 Å². The number of hydrogen-bond donors (Lipinski definition) is 1. The van der Waals surface area contributed by atoms with Gasteiger partial charge >= 0.3 is 0 Å². The summed E-state index contributed by atoms with van der Waals surface area (Å²) < 4.78 is 0. The molecule has 14 heavy (non-hydrogen) atoms. The van der Waals surface area contributed by atoms with E-state index < -0.39 is 0 Å². The van der Waals surface area contributed by atoms with Crippen molar-refractivity contribution in [2.24, 2.45) is 0 Å². The van der Waals surface area contributed by atoms with Crippen molar-refractivity contribution in [3.05, 3.63) is 36.7 Å². The molecule has 1 heterocycles. The minimum atomic E-state index is 1.02. The summed E-state index contributed by atoms with van der Waals surface area (Å²) >= 11 is 0. The van der Waals surface area contributed by atoms with Crippen LogP contribution in [0.15, 0.2) is 36.7 Å². The second kappa shape index (κ2) is 4.09. The first kappa shape index (κ1) is 9.00. The van der Waals surface area contributed by atoms with Crippen molar-refractivity contribution in [1.29, 1.82) is 0 Å². The van der Waals surface area contributed by atoms with Crippen LogP contribution in [0.4, 0.5) is 5.69 Å². The summed E-state index contributed by atoms with van der Waals surface area (Å²) in [6.07, 6.45) is 4.87. The van der Waals surface area contributed by atoms with Gasteiger partial charge in [-0.15, -0.1) is 0 Å². The van der Waals surface area contributed by atoms with Gasteiger partial charge < -0.3 is 5.32 Å². The Kier molecular flexibility index (Phi) is 2.63. The Morgan fingerprint density at radius 3 is 3.07 bits per heavy atom. The molecule has 0 aliphatic carbocycles. The van der Waals surface area contributed by atoms with E-state index in [1.54, 1.807) is 0 Å². The maximum absolute atomic E-state index is 4.11. The van der Waals surface area contributed by atoms with E-state index in [4.69, 9.17) is 0 Å². The standard InChI is InChI=1S/C12H14N2/c1-2-7-14-12-5-3-4-10-9-13-8-6-11(10)12/h3-6,8-9,14H,2,7H2,1H3. The number of nitrogens with one attached hydrogen (secondary N) is 1. The van der Waals surface area contributed by atoms with Crippen LogP contribution < -0.4 is 5.32 Å². The van der Waals surface area contributed by atoms with E-state index >= 15 is 0 Å². The molecule has 2 nitrogen and oxygen atoms in total. The summed E-state index contributed by atoms with van der Waals surface area (Å²) in [5.74, 6) is 0. The quantitative estimate of drug-likeness (QED) is 0.796. The number of aromatic nitrogens is 1. The van der Waals surface area contributed by atoms with Crippen molar-refractivity contribution < 1.29 is 0 Å². The van der Waals surface area contributed by atoms with Crippen LogP contribution in [0.5, 0.6) is 0 Å². The molecule has 1 aromatic carbocycles. The Balaban J connectivity index is 2.43. The van der Waals surface area contributed by atoms with Crippen molar-refractivity contribution in [2.45, 2.75) is 13.3 Å². The number of pyridine rings is 1. The molecule has 0 fully saturated rings. The zero-order chi connectivity index (χ0) is 9.80. The Hall–Kier alpha value is -1.57. The maximum atomic E-state index is 4.11. The van der Waals surface area contributed by atoms with Crippen LogP contribution in [0.1, 0.15) is 13.3 Å². The summed E-state index contributed by atoms with van der Waals surface area (Å²) in [6.45, 7) is 3.18. The second-order valence-corrected chi connectivity index (χ2v) is 3.33. The van der Waals surface area contributed by atoms with Crippen molar-refractivity contribution in [1.82, 2.24) is 4.98 Å². The SMILES string of the molecule is CCCNc1cccc2cnccc12. The number of anilines is 1. The smallest absolute Gasteiger partial charge is 0.0420 e. The van der Waals surface area contributed by atoms with E-state index in [1.807, 2.05) is 18.5 Å². The van der Waals surface area contributed by atoms with Gasteiger partial charge in [-0.2, -0.15) is 0 Å². The van der Waals surface area contributed by atoms with Crippen molar-refractivity contribution in [3.8, 4) is 0 Å². The third-order valence-electron chi connectivity index (χ3n) is 2.25. The molecular weight excluding hydrogens is 172 g/mol. The van der Waals surface area contributed by atoms with Crippen LogP contribution in [0.2, 0.25) is 0 Å². The van der Waals surface area contributed by atoms with Crippen LogP contribution in [0.3, 0.4) is 0 Å². The lowest BCUT2D eigenvalue weighted by Crippen LogP contribution is -1.99. The largest absolute Gasteiger partial charge is 0.385 e. The van der Waals surface area contributed by atoms with Gasteiger partial charge in [-0.3, -0.25) is 4.98 Å². The molecule has 2 heteroatoms. The number of fused-ring (bicyclic) bond motifs is 1. The van der Waals surface area contributed by atoms with Gasteiger partial charge in [0.1, 0.15) is 0 Å². The molecule has 0 amide bonds. The average molecular weight is 186 g/mol. The molecule has 72 valence electrons. The van der Waals surface area contributed by atoms with Gasteiger partial charge in [0.15, 0.2) is 0 Å². The van der Waals surface area contributed by atoms with E-state index in [-0.39, 0.29) is 0 Å². The molecule has 0 unspecified atom stereocenters. The van der Waals surface area contributed by atoms with Crippen LogP contribution in [-0.4, -0.2) is 11.5 Å². The fourth-order valence-corrected chi connectivity index (χ4v) is 1.54. The normalized spacial score (nSPS) is 10.4. The Labute approximate surface area is 84.0 Å². The van der Waals surface area contributed by atoms with Crippen LogP contribution >= 0.6 is 0 Å². The van der Waals surface area contributed by atoms with E-state index in [2.05, 4.69) is 35.4 Å². The highest BCUT2D eigenvalue weighted by Crippen LogP contribution is 2.21. The Bertz CT molecular complexity index is 418. The number of benzene rings is 1. The first-order valence-electron chi connectivity index (χ1n) is 4.98. The molecule has 2 rings (SSSR count).